The van der Waals surface area contributed by atoms with Gasteiger partial charge in [0, 0.05) is 20.3 Å². The van der Waals surface area contributed by atoms with Crippen LogP contribution in [0.25, 0.3) is 0 Å². The van der Waals surface area contributed by atoms with Gasteiger partial charge in [-0.05, 0) is 6.26 Å². The minimum absolute atomic E-state index is 0.226. The highest BCUT2D eigenvalue weighted by molar-refractivity contribution is 7.99. The van der Waals surface area contributed by atoms with E-state index in [0.29, 0.717) is 0 Å². The second kappa shape index (κ2) is 7.70. The van der Waals surface area contributed by atoms with Crippen LogP contribution in [0.5, 0.6) is 5.88 Å². The van der Waals surface area contributed by atoms with E-state index in [4.69, 9.17) is 4.74 Å². The second-order valence-electron chi connectivity index (χ2n) is 5.65. The second-order valence-corrected chi connectivity index (χ2v) is 6.59. The van der Waals surface area contributed by atoms with E-state index >= 15 is 0 Å². The number of hydrogen-bond acceptors (Lipinski definition) is 9. The molecule has 1 fully saturated rings. The van der Waals surface area contributed by atoms with Gasteiger partial charge in [-0.15, -0.1) is 11.8 Å². The third kappa shape index (κ3) is 3.51. The molecular weight excluding hydrogens is 354 g/mol. The molecule has 140 valence electrons. The fourth-order valence-electron chi connectivity index (χ4n) is 2.55. The van der Waals surface area contributed by atoms with Gasteiger partial charge in [0.25, 0.3) is 5.56 Å². The fourth-order valence-corrected chi connectivity index (χ4v) is 3.32. The molecule has 1 aliphatic heterocycles. The number of aliphatic hydroxyl groups is 3. The lowest BCUT2D eigenvalue weighted by Gasteiger charge is -2.39. The SMILES string of the molecule is CS[C@@H]1O[C@H](CO)[C@@H](O)[C@H](O)[C@H]1N=Cc1c(O)n(C)c(=O)n(C)c1=O. The van der Waals surface area contributed by atoms with Crippen LogP contribution in [-0.2, 0) is 18.8 Å². The first-order valence-electron chi connectivity index (χ1n) is 7.42. The third-order valence-corrected chi connectivity index (χ3v) is 4.98. The van der Waals surface area contributed by atoms with Crippen molar-refractivity contribution >= 4 is 18.0 Å². The van der Waals surface area contributed by atoms with Gasteiger partial charge in [0.1, 0.15) is 35.4 Å². The topological polar surface area (TPSA) is 147 Å². The Bertz CT molecular complexity index is 773. The predicted molar refractivity (Wildman–Crippen MR) is 91.2 cm³/mol. The molecule has 1 saturated heterocycles. The van der Waals surface area contributed by atoms with E-state index < -0.39 is 53.5 Å². The van der Waals surface area contributed by atoms with Crippen molar-refractivity contribution in [2.24, 2.45) is 19.1 Å². The van der Waals surface area contributed by atoms with E-state index in [2.05, 4.69) is 4.99 Å². The van der Waals surface area contributed by atoms with Crippen molar-refractivity contribution in [3.8, 4) is 5.88 Å². The monoisotopic (exact) mass is 375 g/mol. The summed E-state index contributed by atoms with van der Waals surface area (Å²) < 4.78 is 7.19. The van der Waals surface area contributed by atoms with Crippen molar-refractivity contribution in [3.05, 3.63) is 26.4 Å². The largest absolute Gasteiger partial charge is 0.494 e. The Labute approximate surface area is 147 Å². The lowest BCUT2D eigenvalue weighted by molar-refractivity contribution is -0.165. The molecule has 5 atom stereocenters. The standard InChI is InChI=1S/C14H21N3O7S/c1-16-11(21)6(12(22)17(2)14(16)23)4-15-8-10(20)9(19)7(5-18)24-13(8)25-3/h4,7-10,13,18-21H,5H2,1-3H3/t7-,8-,9-,10-,13+/m1/s1. The molecule has 1 aliphatic rings. The molecule has 0 aromatic carbocycles. The molecule has 1 aromatic rings. The van der Waals surface area contributed by atoms with Gasteiger partial charge in [0.2, 0.25) is 5.88 Å². The van der Waals surface area contributed by atoms with Crippen LogP contribution in [0, 0.1) is 0 Å². The number of rotatable bonds is 4. The summed E-state index contributed by atoms with van der Waals surface area (Å²) in [5.41, 5.74) is -2.34. The zero-order chi connectivity index (χ0) is 18.9. The Morgan fingerprint density at radius 2 is 1.88 bits per heavy atom. The molecule has 4 N–H and O–H groups in total. The highest BCUT2D eigenvalue weighted by Gasteiger charge is 2.43. The van der Waals surface area contributed by atoms with Crippen LogP contribution < -0.4 is 11.2 Å². The van der Waals surface area contributed by atoms with Crippen molar-refractivity contribution in [1.82, 2.24) is 9.13 Å². The van der Waals surface area contributed by atoms with Crippen LogP contribution in [0.4, 0.5) is 0 Å². The van der Waals surface area contributed by atoms with Crippen molar-refractivity contribution in [2.75, 3.05) is 12.9 Å². The summed E-state index contributed by atoms with van der Waals surface area (Å²) in [5.74, 6) is -0.558. The molecule has 1 aromatic heterocycles. The minimum atomic E-state index is -1.35. The Balaban J connectivity index is 2.41. The molecule has 11 heteroatoms. The van der Waals surface area contributed by atoms with E-state index in [1.165, 1.54) is 25.9 Å². The molecule has 0 unspecified atom stereocenters. The minimum Gasteiger partial charge on any atom is -0.494 e. The Hall–Kier alpha value is -1.66. The van der Waals surface area contributed by atoms with E-state index in [9.17, 15) is 30.0 Å². The van der Waals surface area contributed by atoms with E-state index in [0.717, 1.165) is 15.3 Å². The quantitative estimate of drug-likeness (QED) is 0.418. The number of thioether (sulfide) groups is 1. The first-order valence-corrected chi connectivity index (χ1v) is 8.70. The van der Waals surface area contributed by atoms with Crippen LogP contribution >= 0.6 is 11.8 Å². The van der Waals surface area contributed by atoms with Gasteiger partial charge >= 0.3 is 5.69 Å². The number of aromatic nitrogens is 2. The van der Waals surface area contributed by atoms with Gasteiger partial charge < -0.3 is 25.2 Å². The maximum Gasteiger partial charge on any atom is 0.333 e. The van der Waals surface area contributed by atoms with E-state index in [1.807, 2.05) is 0 Å². The van der Waals surface area contributed by atoms with Gasteiger partial charge in [-0.1, -0.05) is 0 Å². The summed E-state index contributed by atoms with van der Waals surface area (Å²) in [5, 5.41) is 39.4. The van der Waals surface area contributed by atoms with Gasteiger partial charge in [-0.25, -0.2) is 4.79 Å². The van der Waals surface area contributed by atoms with Crippen molar-refractivity contribution in [1.29, 1.82) is 0 Å². The average Bonchev–Trinajstić information content (AvgIpc) is 2.61. The number of aromatic hydroxyl groups is 1. The summed E-state index contributed by atoms with van der Waals surface area (Å²) in [6, 6.07) is -0.936. The molecule has 10 nitrogen and oxygen atoms in total. The number of hydrogen-bond donors (Lipinski definition) is 4. The molecule has 0 spiro atoms. The number of ether oxygens (including phenoxy) is 1. The molecular formula is C14H21N3O7S. The first kappa shape index (κ1) is 19.7. The highest BCUT2D eigenvalue weighted by atomic mass is 32.2. The third-order valence-electron chi connectivity index (χ3n) is 4.12. The van der Waals surface area contributed by atoms with E-state index in [-0.39, 0.29) is 5.56 Å². The molecule has 2 heterocycles. The molecule has 25 heavy (non-hydrogen) atoms. The normalized spacial score (nSPS) is 30.1. The first-order chi connectivity index (χ1) is 11.7. The molecule has 0 radical (unpaired) electrons. The maximum absolute atomic E-state index is 12.1. The molecule has 0 amide bonds. The van der Waals surface area contributed by atoms with Crippen molar-refractivity contribution < 1.29 is 25.2 Å². The van der Waals surface area contributed by atoms with Crippen LogP contribution in [0.15, 0.2) is 14.6 Å². The lowest BCUT2D eigenvalue weighted by atomic mass is 9.98. The summed E-state index contributed by atoms with van der Waals surface area (Å²) in [6.07, 6.45) is -0.888. The molecule has 2 rings (SSSR count). The smallest absolute Gasteiger partial charge is 0.333 e. The number of aliphatic hydroxyl groups excluding tert-OH is 3. The average molecular weight is 375 g/mol. The molecule has 0 bridgehead atoms. The molecule has 0 saturated carbocycles. The van der Waals surface area contributed by atoms with Crippen molar-refractivity contribution in [2.45, 2.75) is 29.8 Å². The fraction of sp³-hybridized carbons (Fsp3) is 0.643. The summed E-state index contributed by atoms with van der Waals surface area (Å²) in [6.45, 7) is -0.464. The lowest BCUT2D eigenvalue weighted by Crippen LogP contribution is -2.56. The Kier molecular flexibility index (Phi) is 6.06. The van der Waals surface area contributed by atoms with Crippen LogP contribution in [0.2, 0.25) is 0 Å². The van der Waals surface area contributed by atoms with Crippen molar-refractivity contribution in [3.63, 3.8) is 0 Å². The summed E-state index contributed by atoms with van der Waals surface area (Å²) in [7, 11) is 2.56. The maximum atomic E-state index is 12.1. The van der Waals surface area contributed by atoms with Gasteiger partial charge in [0.15, 0.2) is 0 Å². The zero-order valence-electron chi connectivity index (χ0n) is 13.9. The predicted octanol–water partition coefficient (Wildman–Crippen LogP) is -2.62. The van der Waals surface area contributed by atoms with Crippen LogP contribution in [0.1, 0.15) is 5.56 Å². The summed E-state index contributed by atoms with van der Waals surface area (Å²) in [4.78, 5) is 28.0. The highest BCUT2D eigenvalue weighted by Crippen LogP contribution is 2.29. The zero-order valence-corrected chi connectivity index (χ0v) is 14.8. The van der Waals surface area contributed by atoms with Crippen LogP contribution in [0.3, 0.4) is 0 Å². The Morgan fingerprint density at radius 3 is 2.44 bits per heavy atom. The number of aliphatic imine (C=N–C) groups is 1. The van der Waals surface area contributed by atoms with Crippen LogP contribution in [-0.4, -0.2) is 78.4 Å². The number of nitrogens with zero attached hydrogens (tertiary/aromatic N) is 3. The van der Waals surface area contributed by atoms with Gasteiger partial charge in [0.05, 0.1) is 6.61 Å². The summed E-state index contributed by atoms with van der Waals surface area (Å²) >= 11 is 1.21. The van der Waals surface area contributed by atoms with E-state index in [1.54, 1.807) is 6.26 Å². The van der Waals surface area contributed by atoms with Gasteiger partial charge in [-0.2, -0.15) is 0 Å². The Morgan fingerprint density at radius 1 is 1.24 bits per heavy atom. The molecule has 0 aliphatic carbocycles. The van der Waals surface area contributed by atoms with Gasteiger partial charge in [-0.3, -0.25) is 18.9 Å².